The lowest BCUT2D eigenvalue weighted by Gasteiger charge is -2.19. The molecule has 3 N–H and O–H groups in total. The number of benzene rings is 1. The van der Waals surface area contributed by atoms with E-state index in [4.69, 9.17) is 19.9 Å². The Morgan fingerprint density at radius 3 is 2.48 bits per heavy atom. The molecule has 10 heteroatoms. The third-order valence-corrected chi connectivity index (χ3v) is 5.04. The van der Waals surface area contributed by atoms with Gasteiger partial charge in [-0.15, -0.1) is 0 Å². The van der Waals surface area contributed by atoms with Gasteiger partial charge in [0.05, 0.1) is 6.61 Å². The zero-order valence-electron chi connectivity index (χ0n) is 17.0. The number of amides is 1. The number of ether oxygens (including phenoxy) is 3. The van der Waals surface area contributed by atoms with Crippen LogP contribution in [0, 0.1) is 0 Å². The second kappa shape index (κ2) is 9.11. The molecule has 1 aliphatic carbocycles. The van der Waals surface area contributed by atoms with Crippen molar-refractivity contribution in [3.63, 3.8) is 0 Å². The first-order valence-electron chi connectivity index (χ1n) is 9.58. The molecule has 1 aromatic carbocycles. The van der Waals surface area contributed by atoms with Crippen molar-refractivity contribution in [2.45, 2.75) is 31.0 Å². The first kappa shape index (κ1) is 22.8. The molecule has 0 radical (unpaired) electrons. The van der Waals surface area contributed by atoms with Gasteiger partial charge in [0.1, 0.15) is 29.7 Å². The molecule has 0 saturated heterocycles. The maximum Gasteiger partial charge on any atom is 0.431 e. The number of alkyl halides is 3. The Morgan fingerprint density at radius 2 is 1.94 bits per heavy atom. The van der Waals surface area contributed by atoms with E-state index in [9.17, 15) is 22.8 Å². The fraction of sp³-hybridized carbons (Fsp3) is 0.429. The van der Waals surface area contributed by atoms with Crippen molar-refractivity contribution in [3.8, 4) is 16.9 Å². The van der Waals surface area contributed by atoms with E-state index < -0.39 is 28.9 Å². The van der Waals surface area contributed by atoms with Crippen LogP contribution in [0.1, 0.15) is 40.4 Å². The lowest BCUT2D eigenvalue weighted by molar-refractivity contribution is -0.140. The zero-order chi connectivity index (χ0) is 22.8. The van der Waals surface area contributed by atoms with Gasteiger partial charge < -0.3 is 24.9 Å². The molecule has 0 spiro atoms. The van der Waals surface area contributed by atoms with Gasteiger partial charge in [0.15, 0.2) is 0 Å². The minimum Gasteiger partial charge on any atom is -0.490 e. The zero-order valence-corrected chi connectivity index (χ0v) is 17.0. The van der Waals surface area contributed by atoms with Crippen LogP contribution in [0.15, 0.2) is 29.1 Å². The summed E-state index contributed by atoms with van der Waals surface area (Å²) >= 11 is 0. The lowest BCUT2D eigenvalue weighted by Crippen LogP contribution is -2.27. The van der Waals surface area contributed by atoms with Crippen LogP contribution < -0.4 is 16.0 Å². The molecule has 168 valence electrons. The highest BCUT2D eigenvalue weighted by Crippen LogP contribution is 2.46. The monoisotopic (exact) mass is 440 g/mol. The average molecular weight is 440 g/mol. The van der Waals surface area contributed by atoms with E-state index in [1.165, 1.54) is 13.2 Å². The van der Waals surface area contributed by atoms with Gasteiger partial charge in [-0.2, -0.15) is 13.2 Å². The number of aromatic amines is 1. The van der Waals surface area contributed by atoms with Gasteiger partial charge in [-0.05, 0) is 48.1 Å². The maximum atomic E-state index is 13.6. The van der Waals surface area contributed by atoms with Gasteiger partial charge >= 0.3 is 6.18 Å². The number of pyridine rings is 1. The molecule has 0 bridgehead atoms. The Labute approximate surface area is 176 Å². The van der Waals surface area contributed by atoms with Crippen LogP contribution in [0.4, 0.5) is 13.2 Å². The summed E-state index contributed by atoms with van der Waals surface area (Å²) in [6.45, 7) is 0.539. The number of halogens is 3. The minimum atomic E-state index is -4.83. The minimum absolute atomic E-state index is 0.158. The van der Waals surface area contributed by atoms with Gasteiger partial charge in [0.25, 0.3) is 11.5 Å². The van der Waals surface area contributed by atoms with Crippen LogP contribution in [0.2, 0.25) is 0 Å². The molecule has 1 atom stereocenters. The molecular weight excluding hydrogens is 417 g/mol. The summed E-state index contributed by atoms with van der Waals surface area (Å²) in [6, 6.07) is 5.51. The highest BCUT2D eigenvalue weighted by Gasteiger charge is 2.36. The van der Waals surface area contributed by atoms with E-state index in [0.717, 1.165) is 24.5 Å². The summed E-state index contributed by atoms with van der Waals surface area (Å²) < 4.78 is 56.9. The Hall–Kier alpha value is -2.85. The smallest absolute Gasteiger partial charge is 0.431 e. The third-order valence-electron chi connectivity index (χ3n) is 5.04. The normalized spacial score (nSPS) is 15.0. The first-order chi connectivity index (χ1) is 14.7. The molecule has 0 aliphatic heterocycles. The van der Waals surface area contributed by atoms with Gasteiger partial charge in [0, 0.05) is 19.8 Å². The van der Waals surface area contributed by atoms with Gasteiger partial charge in [0.2, 0.25) is 0 Å². The maximum absolute atomic E-state index is 13.6. The van der Waals surface area contributed by atoms with Crippen LogP contribution in [0.3, 0.4) is 0 Å². The largest absolute Gasteiger partial charge is 0.490 e. The van der Waals surface area contributed by atoms with Crippen LogP contribution in [0.25, 0.3) is 11.1 Å². The van der Waals surface area contributed by atoms with Crippen molar-refractivity contribution in [3.05, 3.63) is 51.4 Å². The number of aromatic nitrogens is 1. The number of nitrogens with two attached hydrogens (primary N) is 1. The van der Waals surface area contributed by atoms with E-state index in [0.29, 0.717) is 12.4 Å². The topological polar surface area (TPSA) is 104 Å². The summed E-state index contributed by atoms with van der Waals surface area (Å²) in [7, 11) is 3.07. The van der Waals surface area contributed by atoms with Gasteiger partial charge in [-0.25, -0.2) is 0 Å². The standard InChI is InChI=1S/C21H23F3N2O5/c1-29-9-13(30-2)10-31-17-6-5-12(7-14(17)11-3-4-11)15-8-16(19(25)27)20(28)26-18(15)21(22,23)24/h5-8,11,13H,3-4,9-10H2,1-2H3,(H2,25,27)(H,26,28). The van der Waals surface area contributed by atoms with Gasteiger partial charge in [-0.3, -0.25) is 9.59 Å². The summed E-state index contributed by atoms with van der Waals surface area (Å²) in [6.07, 6.45) is -3.36. The Morgan fingerprint density at radius 1 is 1.23 bits per heavy atom. The van der Waals surface area contributed by atoms with Crippen LogP contribution in [-0.2, 0) is 15.7 Å². The number of carbonyl (C=O) groups is 1. The molecule has 1 heterocycles. The SMILES string of the molecule is COCC(COc1ccc(-c2cc(C(N)=O)c(=O)[nH]c2C(F)(F)F)cc1C1CC1)OC. The lowest BCUT2D eigenvalue weighted by atomic mass is 9.97. The molecule has 31 heavy (non-hydrogen) atoms. The van der Waals surface area contributed by atoms with E-state index in [2.05, 4.69) is 0 Å². The summed E-state index contributed by atoms with van der Waals surface area (Å²) in [5.74, 6) is -0.411. The quantitative estimate of drug-likeness (QED) is 0.624. The Kier molecular flexibility index (Phi) is 6.71. The number of primary amides is 1. The molecule has 1 aromatic heterocycles. The summed E-state index contributed by atoms with van der Waals surface area (Å²) in [4.78, 5) is 25.2. The molecule has 7 nitrogen and oxygen atoms in total. The predicted octanol–water partition coefficient (Wildman–Crippen LogP) is 3.08. The first-order valence-corrected chi connectivity index (χ1v) is 9.58. The number of carbonyl (C=O) groups excluding carboxylic acids is 1. The number of nitrogens with one attached hydrogen (secondary N) is 1. The van der Waals surface area contributed by atoms with Crippen molar-refractivity contribution in [2.24, 2.45) is 5.73 Å². The predicted molar refractivity (Wildman–Crippen MR) is 106 cm³/mol. The fourth-order valence-electron chi connectivity index (χ4n) is 3.28. The van der Waals surface area contributed by atoms with Crippen molar-refractivity contribution >= 4 is 5.91 Å². The molecule has 3 rings (SSSR count). The summed E-state index contributed by atoms with van der Waals surface area (Å²) in [5.41, 5.74) is 2.81. The highest BCUT2D eigenvalue weighted by atomic mass is 19.4. The van der Waals surface area contributed by atoms with Crippen LogP contribution in [-0.4, -0.2) is 44.4 Å². The molecule has 1 saturated carbocycles. The van der Waals surface area contributed by atoms with Crippen LogP contribution >= 0.6 is 0 Å². The fourth-order valence-corrected chi connectivity index (χ4v) is 3.28. The number of hydrogen-bond donors (Lipinski definition) is 2. The van der Waals surface area contributed by atoms with E-state index in [1.807, 2.05) is 0 Å². The molecule has 1 fully saturated rings. The van der Waals surface area contributed by atoms with Crippen molar-refractivity contribution in [1.82, 2.24) is 4.98 Å². The second-order valence-corrected chi connectivity index (χ2v) is 7.31. The average Bonchev–Trinajstić information content (AvgIpc) is 3.55. The molecule has 2 aromatic rings. The van der Waals surface area contributed by atoms with E-state index in [-0.39, 0.29) is 29.8 Å². The molecular formula is C21H23F3N2O5. The number of methoxy groups -OCH3 is 2. The summed E-state index contributed by atoms with van der Waals surface area (Å²) in [5, 5.41) is 0. The Balaban J connectivity index is 2.04. The van der Waals surface area contributed by atoms with Crippen molar-refractivity contribution in [1.29, 1.82) is 0 Å². The number of H-pyrrole nitrogens is 1. The molecule has 1 amide bonds. The Bertz CT molecular complexity index is 1020. The molecule has 1 aliphatic rings. The number of rotatable bonds is 9. The van der Waals surface area contributed by atoms with Crippen molar-refractivity contribution in [2.75, 3.05) is 27.4 Å². The van der Waals surface area contributed by atoms with Crippen molar-refractivity contribution < 1.29 is 32.2 Å². The second-order valence-electron chi connectivity index (χ2n) is 7.31. The highest BCUT2D eigenvalue weighted by molar-refractivity contribution is 5.94. The van der Waals surface area contributed by atoms with E-state index in [1.54, 1.807) is 24.2 Å². The third kappa shape index (κ3) is 5.26. The van der Waals surface area contributed by atoms with Crippen LogP contribution in [0.5, 0.6) is 5.75 Å². The number of hydrogen-bond acceptors (Lipinski definition) is 5. The van der Waals surface area contributed by atoms with Gasteiger partial charge in [-0.1, -0.05) is 6.07 Å². The van der Waals surface area contributed by atoms with E-state index >= 15 is 0 Å². The molecule has 1 unspecified atom stereocenters.